The number of rotatable bonds is 2. The summed E-state index contributed by atoms with van der Waals surface area (Å²) in [5.41, 5.74) is 5.36. The van der Waals surface area contributed by atoms with Crippen molar-refractivity contribution in [1.82, 2.24) is 0 Å². The summed E-state index contributed by atoms with van der Waals surface area (Å²) in [4.78, 5) is 11.7. The van der Waals surface area contributed by atoms with Crippen LogP contribution in [0.1, 0.15) is 41.5 Å². The Bertz CT molecular complexity index is 338. The smallest absolute Gasteiger partial charge is 0.314 e. The third-order valence-corrected chi connectivity index (χ3v) is 2.59. The molecule has 0 heterocycles. The number of ether oxygens (including phenoxy) is 1. The fourth-order valence-corrected chi connectivity index (χ4v) is 1.76. The number of hydrogen-bond donors (Lipinski definition) is 0. The molecule has 1 saturated carbocycles. The molecule has 0 bridgehead atoms. The van der Waals surface area contributed by atoms with E-state index in [1.54, 1.807) is 0 Å². The predicted molar refractivity (Wildman–Crippen MR) is 60.4 cm³/mol. The second-order valence-electron chi connectivity index (χ2n) is 5.18. The molecule has 0 N–H and O–H groups in total. The Balaban J connectivity index is 2.84. The topological polar surface area (TPSA) is 26.3 Å². The van der Waals surface area contributed by atoms with E-state index < -0.39 is 0 Å². The summed E-state index contributed by atoms with van der Waals surface area (Å²) in [5, 5.41) is 0. The quantitative estimate of drug-likeness (QED) is 0.515. The lowest BCUT2D eigenvalue weighted by Crippen LogP contribution is -2.15. The minimum atomic E-state index is -0.112. The van der Waals surface area contributed by atoms with Crippen LogP contribution in [0, 0.1) is 11.3 Å². The van der Waals surface area contributed by atoms with Gasteiger partial charge in [0.15, 0.2) is 0 Å². The molecule has 0 radical (unpaired) electrons. The third-order valence-electron chi connectivity index (χ3n) is 2.59. The number of esters is 1. The van der Waals surface area contributed by atoms with Gasteiger partial charge >= 0.3 is 5.97 Å². The predicted octanol–water partition coefficient (Wildman–Crippen LogP) is 3.09. The van der Waals surface area contributed by atoms with E-state index in [2.05, 4.69) is 19.6 Å². The van der Waals surface area contributed by atoms with Gasteiger partial charge in [-0.05, 0) is 38.8 Å². The molecule has 1 aliphatic rings. The molecule has 0 aromatic heterocycles. The van der Waals surface area contributed by atoms with Gasteiger partial charge < -0.3 is 4.74 Å². The van der Waals surface area contributed by atoms with E-state index in [1.807, 2.05) is 27.7 Å². The lowest BCUT2D eigenvalue weighted by Gasteiger charge is -2.07. The molecule has 1 unspecified atom stereocenters. The van der Waals surface area contributed by atoms with E-state index >= 15 is 0 Å². The van der Waals surface area contributed by atoms with Crippen LogP contribution in [0.15, 0.2) is 16.9 Å². The standard InChI is InChI=1S/C13H20O2/c1-8(2)7-10-11(13(10,5)6)12(14)15-9(3)4/h9,11H,1-6H3. The van der Waals surface area contributed by atoms with Crippen molar-refractivity contribution in [3.8, 4) is 0 Å². The minimum absolute atomic E-state index is 0.0400. The van der Waals surface area contributed by atoms with Crippen LogP contribution in [0.4, 0.5) is 0 Å². The zero-order chi connectivity index (χ0) is 11.8. The second kappa shape index (κ2) is 3.86. The molecule has 15 heavy (non-hydrogen) atoms. The van der Waals surface area contributed by atoms with Gasteiger partial charge in [-0.25, -0.2) is 0 Å². The molecule has 0 aromatic rings. The number of hydrogen-bond acceptors (Lipinski definition) is 2. The highest BCUT2D eigenvalue weighted by molar-refractivity contribution is 5.83. The number of carbonyl (C=O) groups is 1. The first-order valence-corrected chi connectivity index (χ1v) is 5.41. The van der Waals surface area contributed by atoms with Crippen molar-refractivity contribution in [2.24, 2.45) is 11.3 Å². The zero-order valence-corrected chi connectivity index (χ0v) is 10.5. The number of carbonyl (C=O) groups excluding carboxylic acids is 1. The van der Waals surface area contributed by atoms with Gasteiger partial charge in [-0.2, -0.15) is 0 Å². The molecule has 1 aliphatic carbocycles. The first-order valence-electron chi connectivity index (χ1n) is 5.41. The van der Waals surface area contributed by atoms with Gasteiger partial charge in [0, 0.05) is 5.41 Å². The van der Waals surface area contributed by atoms with E-state index in [1.165, 1.54) is 0 Å². The van der Waals surface area contributed by atoms with Gasteiger partial charge in [0.05, 0.1) is 12.0 Å². The Hall–Kier alpha value is -1.01. The van der Waals surface area contributed by atoms with Crippen LogP contribution in [0.25, 0.3) is 0 Å². The van der Waals surface area contributed by atoms with Crippen molar-refractivity contribution in [2.75, 3.05) is 0 Å². The molecule has 1 rings (SSSR count). The summed E-state index contributed by atoms with van der Waals surface area (Å²) >= 11 is 0. The second-order valence-corrected chi connectivity index (χ2v) is 5.18. The maximum absolute atomic E-state index is 11.7. The van der Waals surface area contributed by atoms with E-state index in [0.717, 1.165) is 11.1 Å². The van der Waals surface area contributed by atoms with Crippen LogP contribution in [0.2, 0.25) is 0 Å². The highest BCUT2D eigenvalue weighted by Gasteiger charge is 2.58. The van der Waals surface area contributed by atoms with Crippen LogP contribution in [0.5, 0.6) is 0 Å². The molecular formula is C13H20O2. The first-order chi connectivity index (χ1) is 6.76. The van der Waals surface area contributed by atoms with E-state index in [4.69, 9.17) is 4.74 Å². The van der Waals surface area contributed by atoms with Gasteiger partial charge in [0.1, 0.15) is 0 Å². The summed E-state index contributed by atoms with van der Waals surface area (Å²) in [6, 6.07) is 0. The molecule has 0 aliphatic heterocycles. The third kappa shape index (κ3) is 2.51. The van der Waals surface area contributed by atoms with Gasteiger partial charge in [0.2, 0.25) is 0 Å². The van der Waals surface area contributed by atoms with Crippen molar-refractivity contribution in [1.29, 1.82) is 0 Å². The van der Waals surface area contributed by atoms with Crippen molar-refractivity contribution in [2.45, 2.75) is 47.6 Å². The average Bonchev–Trinajstić information content (AvgIpc) is 2.49. The van der Waals surface area contributed by atoms with Crippen molar-refractivity contribution in [3.63, 3.8) is 0 Å². The Morgan fingerprint density at radius 2 is 1.93 bits per heavy atom. The largest absolute Gasteiger partial charge is 0.462 e. The lowest BCUT2D eigenvalue weighted by molar-refractivity contribution is -0.149. The molecule has 0 spiro atoms. The van der Waals surface area contributed by atoms with Crippen LogP contribution < -0.4 is 0 Å². The van der Waals surface area contributed by atoms with Crippen LogP contribution in [0.3, 0.4) is 0 Å². The first kappa shape index (κ1) is 12.1. The summed E-state index contributed by atoms with van der Waals surface area (Å²) in [5.74, 6) is -0.200. The van der Waals surface area contributed by atoms with E-state index in [9.17, 15) is 4.79 Å². The van der Waals surface area contributed by atoms with Gasteiger partial charge in [-0.3, -0.25) is 4.79 Å². The maximum atomic E-state index is 11.7. The highest BCUT2D eigenvalue weighted by atomic mass is 16.5. The van der Waals surface area contributed by atoms with Crippen LogP contribution in [-0.4, -0.2) is 12.1 Å². The molecule has 2 nitrogen and oxygen atoms in total. The summed E-state index contributed by atoms with van der Waals surface area (Å²) in [6.07, 6.45) is -0.0400. The van der Waals surface area contributed by atoms with Crippen LogP contribution >= 0.6 is 0 Å². The molecule has 0 aromatic carbocycles. The van der Waals surface area contributed by atoms with E-state index in [-0.39, 0.29) is 23.4 Å². The lowest BCUT2D eigenvalue weighted by atomic mass is 10.1. The van der Waals surface area contributed by atoms with Crippen molar-refractivity contribution in [3.05, 3.63) is 16.9 Å². The SMILES string of the molecule is CC(C)=C=C1C(C(=O)OC(C)C)C1(C)C. The Labute approximate surface area is 92.0 Å². The fourth-order valence-electron chi connectivity index (χ4n) is 1.76. The maximum Gasteiger partial charge on any atom is 0.314 e. The Morgan fingerprint density at radius 1 is 1.40 bits per heavy atom. The van der Waals surface area contributed by atoms with Gasteiger partial charge in [0.25, 0.3) is 0 Å². The van der Waals surface area contributed by atoms with Gasteiger partial charge in [-0.15, -0.1) is 5.73 Å². The molecule has 0 amide bonds. The van der Waals surface area contributed by atoms with Crippen molar-refractivity contribution < 1.29 is 9.53 Å². The monoisotopic (exact) mass is 208 g/mol. The van der Waals surface area contributed by atoms with Crippen molar-refractivity contribution >= 4 is 5.97 Å². The normalized spacial score (nSPS) is 22.3. The summed E-state index contributed by atoms with van der Waals surface area (Å²) in [6.45, 7) is 11.8. The van der Waals surface area contributed by atoms with E-state index in [0.29, 0.717) is 0 Å². The molecule has 1 fully saturated rings. The summed E-state index contributed by atoms with van der Waals surface area (Å²) < 4.78 is 5.21. The molecule has 2 heteroatoms. The highest BCUT2D eigenvalue weighted by Crippen LogP contribution is 2.57. The minimum Gasteiger partial charge on any atom is -0.462 e. The molecule has 84 valence electrons. The fraction of sp³-hybridized carbons (Fsp3) is 0.692. The van der Waals surface area contributed by atoms with Gasteiger partial charge in [-0.1, -0.05) is 13.8 Å². The Morgan fingerprint density at radius 3 is 2.33 bits per heavy atom. The molecule has 0 saturated heterocycles. The Kier molecular flexibility index (Phi) is 3.11. The van der Waals surface area contributed by atoms with Crippen LogP contribution in [-0.2, 0) is 9.53 Å². The molecular weight excluding hydrogens is 188 g/mol. The zero-order valence-electron chi connectivity index (χ0n) is 10.5. The molecule has 1 atom stereocenters. The summed E-state index contributed by atoms with van der Waals surface area (Å²) in [7, 11) is 0. The average molecular weight is 208 g/mol.